The number of rotatable bonds is 4. The molecular weight excluding hydrogens is 396 g/mol. The van der Waals surface area contributed by atoms with Gasteiger partial charge < -0.3 is 9.80 Å². The summed E-state index contributed by atoms with van der Waals surface area (Å²) in [5.74, 6) is 1.92. The molecule has 1 saturated heterocycles. The minimum atomic E-state index is 0.113. The summed E-state index contributed by atoms with van der Waals surface area (Å²) in [4.78, 5) is 26.9. The predicted molar refractivity (Wildman–Crippen MR) is 129 cm³/mol. The highest BCUT2D eigenvalue weighted by Crippen LogP contribution is 2.25. The minimum absolute atomic E-state index is 0.113. The molecule has 1 aromatic heterocycles. The largest absolute Gasteiger partial charge is 0.354 e. The van der Waals surface area contributed by atoms with Crippen LogP contribution < -0.4 is 4.90 Å². The zero-order valence-electron chi connectivity index (χ0n) is 19.6. The number of nitrogens with zero attached hydrogens (tertiary/aromatic N) is 4. The standard InChI is InChI=1S/C27H32N4O/c1-19-6-10-23(11-7-19)18-25-21(3)28-22(4)29-26(25)30-14-5-15-31(17-16-30)27(32)24-12-8-20(2)9-13-24/h6-13H,5,14-18H2,1-4H3. The van der Waals surface area contributed by atoms with Crippen LogP contribution in [0.3, 0.4) is 0 Å². The van der Waals surface area contributed by atoms with E-state index in [9.17, 15) is 4.79 Å². The topological polar surface area (TPSA) is 49.3 Å². The van der Waals surface area contributed by atoms with Crippen molar-refractivity contribution in [1.82, 2.24) is 14.9 Å². The van der Waals surface area contributed by atoms with Crippen LogP contribution in [-0.2, 0) is 6.42 Å². The van der Waals surface area contributed by atoms with Crippen LogP contribution >= 0.6 is 0 Å². The number of anilines is 1. The van der Waals surface area contributed by atoms with Gasteiger partial charge in [0, 0.05) is 49.4 Å². The van der Waals surface area contributed by atoms with Crippen LogP contribution in [0.1, 0.15) is 50.6 Å². The Morgan fingerprint density at radius 1 is 0.812 bits per heavy atom. The van der Waals surface area contributed by atoms with Crippen molar-refractivity contribution < 1.29 is 4.79 Å². The summed E-state index contributed by atoms with van der Waals surface area (Å²) in [7, 11) is 0. The fourth-order valence-electron chi connectivity index (χ4n) is 4.31. The molecule has 0 unspecified atom stereocenters. The number of amides is 1. The van der Waals surface area contributed by atoms with Crippen LogP contribution in [0.5, 0.6) is 0 Å². The van der Waals surface area contributed by atoms with Gasteiger partial charge in [0.2, 0.25) is 0 Å². The van der Waals surface area contributed by atoms with Gasteiger partial charge >= 0.3 is 0 Å². The first-order chi connectivity index (χ1) is 15.4. The summed E-state index contributed by atoms with van der Waals surface area (Å²) in [6.45, 7) is 11.3. The lowest BCUT2D eigenvalue weighted by Crippen LogP contribution is -2.35. The van der Waals surface area contributed by atoms with Crippen molar-refractivity contribution in [3.05, 3.63) is 87.9 Å². The summed E-state index contributed by atoms with van der Waals surface area (Å²) in [6, 6.07) is 16.5. The molecule has 0 aliphatic carbocycles. The second-order valence-corrected chi connectivity index (χ2v) is 8.82. The maximum absolute atomic E-state index is 13.0. The molecule has 1 fully saturated rings. The number of hydrogen-bond donors (Lipinski definition) is 0. The lowest BCUT2D eigenvalue weighted by molar-refractivity contribution is 0.0767. The molecule has 4 rings (SSSR count). The second-order valence-electron chi connectivity index (χ2n) is 8.82. The van der Waals surface area contributed by atoms with E-state index < -0.39 is 0 Å². The van der Waals surface area contributed by atoms with Gasteiger partial charge in [-0.2, -0.15) is 0 Å². The molecule has 0 N–H and O–H groups in total. The summed E-state index contributed by atoms with van der Waals surface area (Å²) in [6.07, 6.45) is 1.73. The molecule has 5 heteroatoms. The lowest BCUT2D eigenvalue weighted by Gasteiger charge is -2.26. The monoisotopic (exact) mass is 428 g/mol. The first-order valence-electron chi connectivity index (χ1n) is 11.4. The number of aromatic nitrogens is 2. The van der Waals surface area contributed by atoms with Crippen LogP contribution in [0.2, 0.25) is 0 Å². The van der Waals surface area contributed by atoms with Gasteiger partial charge in [0.25, 0.3) is 5.91 Å². The maximum Gasteiger partial charge on any atom is 0.253 e. The van der Waals surface area contributed by atoms with Gasteiger partial charge in [0.05, 0.1) is 0 Å². The van der Waals surface area contributed by atoms with E-state index in [-0.39, 0.29) is 5.91 Å². The molecular formula is C27H32N4O. The van der Waals surface area contributed by atoms with Crippen molar-refractivity contribution in [2.75, 3.05) is 31.1 Å². The number of carbonyl (C=O) groups excluding carboxylic acids is 1. The Balaban J connectivity index is 1.55. The van der Waals surface area contributed by atoms with Crippen molar-refractivity contribution in [2.45, 2.75) is 40.5 Å². The molecule has 5 nitrogen and oxygen atoms in total. The van der Waals surface area contributed by atoms with E-state index in [0.29, 0.717) is 6.54 Å². The smallest absolute Gasteiger partial charge is 0.253 e. The van der Waals surface area contributed by atoms with E-state index in [1.54, 1.807) is 0 Å². The Morgan fingerprint density at radius 2 is 1.47 bits per heavy atom. The summed E-state index contributed by atoms with van der Waals surface area (Å²) in [5.41, 5.74) is 6.66. The molecule has 0 bridgehead atoms. The van der Waals surface area contributed by atoms with Crippen LogP contribution in [0.15, 0.2) is 48.5 Å². The average molecular weight is 429 g/mol. The van der Waals surface area contributed by atoms with Gasteiger partial charge in [-0.05, 0) is 51.8 Å². The molecule has 3 aromatic rings. The van der Waals surface area contributed by atoms with Gasteiger partial charge in [-0.25, -0.2) is 9.97 Å². The number of hydrogen-bond acceptors (Lipinski definition) is 4. The fourth-order valence-corrected chi connectivity index (χ4v) is 4.31. The summed E-state index contributed by atoms with van der Waals surface area (Å²) < 4.78 is 0. The highest BCUT2D eigenvalue weighted by Gasteiger charge is 2.23. The molecule has 0 saturated carbocycles. The van der Waals surface area contributed by atoms with Gasteiger partial charge in [-0.3, -0.25) is 4.79 Å². The van der Waals surface area contributed by atoms with Gasteiger partial charge in [0.1, 0.15) is 11.6 Å². The van der Waals surface area contributed by atoms with E-state index in [2.05, 4.69) is 48.0 Å². The molecule has 32 heavy (non-hydrogen) atoms. The van der Waals surface area contributed by atoms with E-state index in [1.807, 2.05) is 43.0 Å². The van der Waals surface area contributed by atoms with E-state index in [4.69, 9.17) is 4.98 Å². The van der Waals surface area contributed by atoms with Crippen LogP contribution in [0, 0.1) is 27.7 Å². The summed E-state index contributed by atoms with van der Waals surface area (Å²) in [5, 5.41) is 0. The fraction of sp³-hybridized carbons (Fsp3) is 0.370. The Hall–Kier alpha value is -3.21. The average Bonchev–Trinajstić information content (AvgIpc) is 3.03. The molecule has 0 radical (unpaired) electrons. The molecule has 166 valence electrons. The van der Waals surface area contributed by atoms with E-state index >= 15 is 0 Å². The van der Waals surface area contributed by atoms with Crippen molar-refractivity contribution in [3.63, 3.8) is 0 Å². The first-order valence-corrected chi connectivity index (χ1v) is 11.4. The van der Waals surface area contributed by atoms with Crippen molar-refractivity contribution in [3.8, 4) is 0 Å². The maximum atomic E-state index is 13.0. The zero-order valence-corrected chi connectivity index (χ0v) is 19.6. The third-order valence-electron chi connectivity index (χ3n) is 6.19. The number of aryl methyl sites for hydroxylation is 4. The van der Waals surface area contributed by atoms with Crippen molar-refractivity contribution in [1.29, 1.82) is 0 Å². The van der Waals surface area contributed by atoms with E-state index in [0.717, 1.165) is 55.4 Å². The van der Waals surface area contributed by atoms with Crippen molar-refractivity contribution in [2.24, 2.45) is 0 Å². The van der Waals surface area contributed by atoms with E-state index in [1.165, 1.54) is 22.3 Å². The van der Waals surface area contributed by atoms with Gasteiger partial charge in [-0.1, -0.05) is 47.5 Å². The van der Waals surface area contributed by atoms with Crippen LogP contribution in [0.25, 0.3) is 0 Å². The molecule has 0 atom stereocenters. The zero-order chi connectivity index (χ0) is 22.7. The van der Waals surface area contributed by atoms with Gasteiger partial charge in [-0.15, -0.1) is 0 Å². The Morgan fingerprint density at radius 3 is 2.16 bits per heavy atom. The molecule has 1 aliphatic heterocycles. The SMILES string of the molecule is Cc1ccc(Cc2c(C)nc(C)nc2N2CCCN(C(=O)c3ccc(C)cc3)CC2)cc1. The Labute approximate surface area is 191 Å². The Bertz CT molecular complexity index is 1090. The van der Waals surface area contributed by atoms with Crippen LogP contribution in [0.4, 0.5) is 5.82 Å². The minimum Gasteiger partial charge on any atom is -0.354 e. The number of benzene rings is 2. The Kier molecular flexibility index (Phi) is 6.54. The van der Waals surface area contributed by atoms with Crippen molar-refractivity contribution >= 4 is 11.7 Å². The predicted octanol–water partition coefficient (Wildman–Crippen LogP) is 4.65. The molecule has 1 amide bonds. The quantitative estimate of drug-likeness (QED) is 0.607. The molecule has 1 aliphatic rings. The third kappa shape index (κ3) is 4.98. The van der Waals surface area contributed by atoms with Gasteiger partial charge in [0.15, 0.2) is 0 Å². The molecule has 2 aromatic carbocycles. The molecule has 2 heterocycles. The van der Waals surface area contributed by atoms with Crippen LogP contribution in [-0.4, -0.2) is 47.0 Å². The normalized spacial score (nSPS) is 14.4. The summed E-state index contributed by atoms with van der Waals surface area (Å²) >= 11 is 0. The number of carbonyl (C=O) groups is 1. The first kappa shape index (κ1) is 22.0. The third-order valence-corrected chi connectivity index (χ3v) is 6.19. The molecule has 0 spiro atoms. The second kappa shape index (κ2) is 9.51. The highest BCUT2D eigenvalue weighted by molar-refractivity contribution is 5.94. The highest BCUT2D eigenvalue weighted by atomic mass is 16.2. The lowest BCUT2D eigenvalue weighted by atomic mass is 10.0.